The third-order valence-corrected chi connectivity index (χ3v) is 2.66. The Labute approximate surface area is 106 Å². The van der Waals surface area contributed by atoms with E-state index < -0.39 is 17.9 Å². The summed E-state index contributed by atoms with van der Waals surface area (Å²) in [5.41, 5.74) is 0.749. The number of aromatic nitrogens is 1. The first-order valence-electron chi connectivity index (χ1n) is 5.86. The summed E-state index contributed by atoms with van der Waals surface area (Å²) in [5, 5.41) is 9.07. The second-order valence-corrected chi connectivity index (χ2v) is 4.11. The van der Waals surface area contributed by atoms with E-state index in [-0.39, 0.29) is 12.5 Å². The van der Waals surface area contributed by atoms with Crippen molar-refractivity contribution in [3.63, 3.8) is 0 Å². The Kier molecular flexibility index (Phi) is 5.30. The monoisotopic (exact) mass is 251 g/mol. The van der Waals surface area contributed by atoms with Gasteiger partial charge in [0.05, 0.1) is 6.10 Å². The summed E-state index contributed by atoms with van der Waals surface area (Å²) in [6.45, 7) is 3.61. The smallest absolute Gasteiger partial charge is 0.320 e. The maximum atomic E-state index is 11.7. The zero-order valence-corrected chi connectivity index (χ0v) is 10.5. The first-order valence-corrected chi connectivity index (χ1v) is 5.86. The predicted molar refractivity (Wildman–Crippen MR) is 64.9 cm³/mol. The van der Waals surface area contributed by atoms with Crippen LogP contribution in [-0.4, -0.2) is 28.1 Å². The van der Waals surface area contributed by atoms with E-state index in [1.54, 1.807) is 31.5 Å². The van der Waals surface area contributed by atoms with Gasteiger partial charge in [0, 0.05) is 12.4 Å². The van der Waals surface area contributed by atoms with Gasteiger partial charge in [0.15, 0.2) is 5.92 Å². The van der Waals surface area contributed by atoms with Crippen molar-refractivity contribution in [1.82, 2.24) is 4.98 Å². The molecule has 0 fully saturated rings. The molecule has 98 valence electrons. The minimum absolute atomic E-state index is 0.118. The van der Waals surface area contributed by atoms with E-state index in [0.29, 0.717) is 6.42 Å². The molecular weight excluding hydrogens is 234 g/mol. The van der Waals surface area contributed by atoms with Crippen molar-refractivity contribution in [3.05, 3.63) is 30.1 Å². The second kappa shape index (κ2) is 6.74. The van der Waals surface area contributed by atoms with Crippen molar-refractivity contribution in [3.8, 4) is 0 Å². The molecule has 0 aliphatic carbocycles. The number of carbonyl (C=O) groups is 2. The van der Waals surface area contributed by atoms with Crippen LogP contribution in [0.1, 0.15) is 25.8 Å². The topological polar surface area (TPSA) is 76.5 Å². The number of carboxylic acid groups (broad SMARTS) is 1. The Morgan fingerprint density at radius 2 is 2.00 bits per heavy atom. The molecule has 1 N–H and O–H groups in total. The average molecular weight is 251 g/mol. The van der Waals surface area contributed by atoms with Crippen LogP contribution in [0.5, 0.6) is 0 Å². The molecule has 2 atom stereocenters. The van der Waals surface area contributed by atoms with Gasteiger partial charge in [-0.1, -0.05) is 6.92 Å². The standard InChI is InChI=1S/C13H17NO4/c1-3-9(2)18-13(17)11(12(15)16)8-10-4-6-14-7-5-10/h4-7,9,11H,3,8H2,1-2H3,(H,15,16). The molecule has 0 amide bonds. The molecule has 1 heterocycles. The summed E-state index contributed by atoms with van der Waals surface area (Å²) >= 11 is 0. The number of carboxylic acids is 1. The predicted octanol–water partition coefficient (Wildman–Crippen LogP) is 1.67. The van der Waals surface area contributed by atoms with Crippen LogP contribution < -0.4 is 0 Å². The molecule has 0 aliphatic heterocycles. The van der Waals surface area contributed by atoms with Gasteiger partial charge in [-0.3, -0.25) is 14.6 Å². The molecule has 1 aromatic heterocycles. The van der Waals surface area contributed by atoms with Crippen molar-refractivity contribution in [2.75, 3.05) is 0 Å². The molecule has 0 saturated heterocycles. The van der Waals surface area contributed by atoms with Crippen LogP contribution in [0, 0.1) is 5.92 Å². The lowest BCUT2D eigenvalue weighted by Gasteiger charge is -2.15. The Bertz CT molecular complexity index is 405. The van der Waals surface area contributed by atoms with Gasteiger partial charge in [-0.2, -0.15) is 0 Å². The maximum absolute atomic E-state index is 11.7. The highest BCUT2D eigenvalue weighted by Gasteiger charge is 2.29. The van der Waals surface area contributed by atoms with Crippen molar-refractivity contribution in [2.45, 2.75) is 32.8 Å². The second-order valence-electron chi connectivity index (χ2n) is 4.11. The van der Waals surface area contributed by atoms with Crippen molar-refractivity contribution >= 4 is 11.9 Å². The first kappa shape index (κ1) is 14.2. The lowest BCUT2D eigenvalue weighted by atomic mass is 10.0. The molecule has 0 aliphatic rings. The fourth-order valence-electron chi connectivity index (χ4n) is 1.39. The van der Waals surface area contributed by atoms with E-state index in [1.807, 2.05) is 6.92 Å². The molecule has 5 nitrogen and oxygen atoms in total. The van der Waals surface area contributed by atoms with E-state index in [4.69, 9.17) is 9.84 Å². The summed E-state index contributed by atoms with van der Waals surface area (Å²) in [6.07, 6.45) is 3.64. The third kappa shape index (κ3) is 4.16. The van der Waals surface area contributed by atoms with E-state index in [1.165, 1.54) is 0 Å². The number of hydrogen-bond acceptors (Lipinski definition) is 4. The molecule has 1 aromatic rings. The van der Waals surface area contributed by atoms with Crippen molar-refractivity contribution in [2.24, 2.45) is 5.92 Å². The van der Waals surface area contributed by atoms with Crippen LogP contribution in [0.2, 0.25) is 0 Å². The van der Waals surface area contributed by atoms with E-state index in [9.17, 15) is 9.59 Å². The SMILES string of the molecule is CCC(C)OC(=O)C(Cc1ccncc1)C(=O)O. The fraction of sp³-hybridized carbons (Fsp3) is 0.462. The Hall–Kier alpha value is -1.91. The number of rotatable bonds is 6. The highest BCUT2D eigenvalue weighted by Crippen LogP contribution is 2.12. The Morgan fingerprint density at radius 1 is 1.39 bits per heavy atom. The summed E-state index contributed by atoms with van der Waals surface area (Å²) in [5.74, 6) is -3.02. The molecule has 1 rings (SSSR count). The molecule has 0 radical (unpaired) electrons. The van der Waals surface area contributed by atoms with Gasteiger partial charge in [0.25, 0.3) is 0 Å². The molecule has 0 aromatic carbocycles. The Morgan fingerprint density at radius 3 is 2.50 bits per heavy atom. The minimum atomic E-state index is -1.17. The normalized spacial score (nSPS) is 13.7. The number of carbonyl (C=O) groups excluding carboxylic acids is 1. The molecule has 0 saturated carbocycles. The highest BCUT2D eigenvalue weighted by molar-refractivity contribution is 5.94. The maximum Gasteiger partial charge on any atom is 0.320 e. The number of aliphatic carboxylic acids is 1. The van der Waals surface area contributed by atoms with Gasteiger partial charge in [0.1, 0.15) is 0 Å². The van der Waals surface area contributed by atoms with Gasteiger partial charge in [-0.05, 0) is 37.5 Å². The number of nitrogens with zero attached hydrogens (tertiary/aromatic N) is 1. The van der Waals surface area contributed by atoms with Crippen molar-refractivity contribution in [1.29, 1.82) is 0 Å². The van der Waals surface area contributed by atoms with Gasteiger partial charge in [-0.25, -0.2) is 0 Å². The van der Waals surface area contributed by atoms with Gasteiger partial charge in [-0.15, -0.1) is 0 Å². The molecule has 18 heavy (non-hydrogen) atoms. The lowest BCUT2D eigenvalue weighted by molar-refractivity contribution is -0.161. The highest BCUT2D eigenvalue weighted by atomic mass is 16.5. The summed E-state index contributed by atoms with van der Waals surface area (Å²) < 4.78 is 5.06. The largest absolute Gasteiger partial charge is 0.481 e. The van der Waals surface area contributed by atoms with E-state index in [2.05, 4.69) is 4.98 Å². The summed E-state index contributed by atoms with van der Waals surface area (Å²) in [6, 6.07) is 3.37. The number of pyridine rings is 1. The van der Waals surface area contributed by atoms with Crippen LogP contribution in [0.25, 0.3) is 0 Å². The van der Waals surface area contributed by atoms with Crippen LogP contribution in [0.15, 0.2) is 24.5 Å². The molecule has 2 unspecified atom stereocenters. The van der Waals surface area contributed by atoms with Crippen LogP contribution in [0.3, 0.4) is 0 Å². The van der Waals surface area contributed by atoms with Crippen LogP contribution in [-0.2, 0) is 20.7 Å². The van der Waals surface area contributed by atoms with E-state index in [0.717, 1.165) is 5.56 Å². The van der Waals surface area contributed by atoms with Gasteiger partial charge >= 0.3 is 11.9 Å². The molecule has 0 bridgehead atoms. The molecule has 5 heteroatoms. The van der Waals surface area contributed by atoms with E-state index >= 15 is 0 Å². The number of esters is 1. The summed E-state index contributed by atoms with van der Waals surface area (Å²) in [7, 11) is 0. The number of ether oxygens (including phenoxy) is 1. The Balaban J connectivity index is 2.71. The van der Waals surface area contributed by atoms with Crippen LogP contribution in [0.4, 0.5) is 0 Å². The molecular formula is C13H17NO4. The van der Waals surface area contributed by atoms with Crippen molar-refractivity contribution < 1.29 is 19.4 Å². The first-order chi connectivity index (χ1) is 8.54. The zero-order chi connectivity index (χ0) is 13.5. The molecule has 0 spiro atoms. The number of hydrogen-bond donors (Lipinski definition) is 1. The quantitative estimate of drug-likeness (QED) is 0.614. The average Bonchev–Trinajstić information content (AvgIpc) is 2.36. The van der Waals surface area contributed by atoms with Gasteiger partial charge < -0.3 is 9.84 Å². The van der Waals surface area contributed by atoms with Crippen LogP contribution >= 0.6 is 0 Å². The zero-order valence-electron chi connectivity index (χ0n) is 10.5. The lowest BCUT2D eigenvalue weighted by Crippen LogP contribution is -2.30. The fourth-order valence-corrected chi connectivity index (χ4v) is 1.39. The minimum Gasteiger partial charge on any atom is -0.481 e. The van der Waals surface area contributed by atoms with Gasteiger partial charge in [0.2, 0.25) is 0 Å². The summed E-state index contributed by atoms with van der Waals surface area (Å²) in [4.78, 5) is 26.7. The third-order valence-electron chi connectivity index (χ3n) is 2.66.